The minimum Gasteiger partial charge on any atom is -0.135 e. The van der Waals surface area contributed by atoms with Crippen molar-refractivity contribution in [1.82, 2.24) is 0 Å². The average Bonchev–Trinajstić information content (AvgIpc) is 2.78. The van der Waals surface area contributed by atoms with Gasteiger partial charge in [-0.05, 0) is 29.3 Å². The fourth-order valence-corrected chi connectivity index (χ4v) is 3.93. The highest BCUT2D eigenvalue weighted by atomic mass is 32.1. The summed E-state index contributed by atoms with van der Waals surface area (Å²) in [6, 6.07) is 19.8. The summed E-state index contributed by atoms with van der Waals surface area (Å²) >= 11 is 1.90. The standard InChI is InChI=1S/C17H12S/c1-11-5-4-7-14-12(11)9-10-15-13-6-2-3-8-16(13)18-17(14)15/h2-10H,1H3. The fraction of sp³-hybridized carbons (Fsp3) is 0.0588. The summed E-state index contributed by atoms with van der Waals surface area (Å²) in [4.78, 5) is 0. The molecule has 3 aromatic carbocycles. The van der Waals surface area contributed by atoms with Gasteiger partial charge in [0.1, 0.15) is 0 Å². The van der Waals surface area contributed by atoms with Crippen molar-refractivity contribution in [2.75, 3.05) is 0 Å². The summed E-state index contributed by atoms with van der Waals surface area (Å²) in [5.41, 5.74) is 1.35. The molecule has 0 saturated heterocycles. The zero-order valence-electron chi connectivity index (χ0n) is 10.1. The van der Waals surface area contributed by atoms with Crippen molar-refractivity contribution in [3.63, 3.8) is 0 Å². The maximum atomic E-state index is 2.27. The van der Waals surface area contributed by atoms with E-state index in [-0.39, 0.29) is 0 Å². The Kier molecular flexibility index (Phi) is 2.00. The highest BCUT2D eigenvalue weighted by molar-refractivity contribution is 7.26. The van der Waals surface area contributed by atoms with Crippen LogP contribution in [0.5, 0.6) is 0 Å². The molecule has 86 valence electrons. The molecule has 0 unspecified atom stereocenters. The third-order valence-corrected chi connectivity index (χ3v) is 4.84. The van der Waals surface area contributed by atoms with Crippen molar-refractivity contribution in [3.05, 3.63) is 60.2 Å². The quantitative estimate of drug-likeness (QED) is 0.384. The fourth-order valence-electron chi connectivity index (χ4n) is 2.70. The van der Waals surface area contributed by atoms with Gasteiger partial charge < -0.3 is 0 Å². The Morgan fingerprint density at radius 1 is 0.667 bits per heavy atom. The lowest BCUT2D eigenvalue weighted by molar-refractivity contribution is 1.54. The molecule has 0 aliphatic heterocycles. The Labute approximate surface area is 109 Å². The molecule has 1 heterocycles. The topological polar surface area (TPSA) is 0 Å². The molecule has 0 fully saturated rings. The lowest BCUT2D eigenvalue weighted by Crippen LogP contribution is -1.77. The first-order valence-electron chi connectivity index (χ1n) is 6.14. The van der Waals surface area contributed by atoms with Gasteiger partial charge in [-0.3, -0.25) is 0 Å². The van der Waals surface area contributed by atoms with Gasteiger partial charge in [-0.25, -0.2) is 0 Å². The largest absolute Gasteiger partial charge is 0.135 e. The summed E-state index contributed by atoms with van der Waals surface area (Å²) in [5.74, 6) is 0. The van der Waals surface area contributed by atoms with E-state index in [9.17, 15) is 0 Å². The van der Waals surface area contributed by atoms with E-state index in [1.165, 1.54) is 36.5 Å². The number of benzene rings is 3. The van der Waals surface area contributed by atoms with Crippen LogP contribution in [0.25, 0.3) is 30.9 Å². The lowest BCUT2D eigenvalue weighted by Gasteiger charge is -2.02. The van der Waals surface area contributed by atoms with E-state index in [1.54, 1.807) is 0 Å². The first kappa shape index (κ1) is 10.1. The molecule has 0 atom stereocenters. The number of thiophene rings is 1. The first-order valence-corrected chi connectivity index (χ1v) is 6.96. The monoisotopic (exact) mass is 248 g/mol. The highest BCUT2D eigenvalue weighted by Gasteiger charge is 2.08. The molecular weight excluding hydrogens is 236 g/mol. The van der Waals surface area contributed by atoms with Crippen LogP contribution in [0.3, 0.4) is 0 Å². The minimum absolute atomic E-state index is 1.35. The zero-order valence-corrected chi connectivity index (χ0v) is 10.9. The average molecular weight is 248 g/mol. The number of aryl methyl sites for hydroxylation is 1. The van der Waals surface area contributed by atoms with E-state index in [4.69, 9.17) is 0 Å². The van der Waals surface area contributed by atoms with Gasteiger partial charge >= 0.3 is 0 Å². The molecule has 0 N–H and O–H groups in total. The molecule has 0 amide bonds. The van der Waals surface area contributed by atoms with E-state index in [0.717, 1.165) is 0 Å². The molecule has 18 heavy (non-hydrogen) atoms. The van der Waals surface area contributed by atoms with Gasteiger partial charge in [-0.1, -0.05) is 48.5 Å². The van der Waals surface area contributed by atoms with Crippen molar-refractivity contribution in [2.24, 2.45) is 0 Å². The summed E-state index contributed by atoms with van der Waals surface area (Å²) in [6.45, 7) is 2.18. The van der Waals surface area contributed by atoms with Crippen molar-refractivity contribution >= 4 is 42.3 Å². The first-order chi connectivity index (χ1) is 8.84. The Morgan fingerprint density at radius 2 is 1.39 bits per heavy atom. The van der Waals surface area contributed by atoms with Crippen LogP contribution >= 0.6 is 11.3 Å². The second kappa shape index (κ2) is 3.56. The van der Waals surface area contributed by atoms with E-state index in [2.05, 4.69) is 61.5 Å². The van der Waals surface area contributed by atoms with Crippen LogP contribution in [0.4, 0.5) is 0 Å². The smallest absolute Gasteiger partial charge is 0.0433 e. The lowest BCUT2D eigenvalue weighted by atomic mass is 10.0. The SMILES string of the molecule is Cc1cccc2c1ccc1c3ccccc3sc21. The third kappa shape index (κ3) is 1.25. The molecule has 4 rings (SSSR count). The molecule has 4 aromatic rings. The Morgan fingerprint density at radius 3 is 2.33 bits per heavy atom. The van der Waals surface area contributed by atoms with Crippen molar-refractivity contribution < 1.29 is 0 Å². The van der Waals surface area contributed by atoms with Crippen molar-refractivity contribution in [3.8, 4) is 0 Å². The number of fused-ring (bicyclic) bond motifs is 5. The van der Waals surface area contributed by atoms with E-state index < -0.39 is 0 Å². The maximum Gasteiger partial charge on any atom is 0.0433 e. The molecule has 1 aromatic heterocycles. The number of rotatable bonds is 0. The van der Waals surface area contributed by atoms with Gasteiger partial charge in [0, 0.05) is 20.2 Å². The van der Waals surface area contributed by atoms with Gasteiger partial charge in [-0.2, -0.15) is 0 Å². The van der Waals surface area contributed by atoms with Gasteiger partial charge in [-0.15, -0.1) is 11.3 Å². The van der Waals surface area contributed by atoms with Crippen LogP contribution in [0.15, 0.2) is 54.6 Å². The molecule has 0 aliphatic carbocycles. The molecule has 0 radical (unpaired) electrons. The van der Waals surface area contributed by atoms with E-state index in [1.807, 2.05) is 11.3 Å². The highest BCUT2D eigenvalue weighted by Crippen LogP contribution is 2.38. The van der Waals surface area contributed by atoms with Gasteiger partial charge in [0.25, 0.3) is 0 Å². The molecule has 0 spiro atoms. The summed E-state index contributed by atoms with van der Waals surface area (Å²) in [7, 11) is 0. The maximum absolute atomic E-state index is 2.27. The van der Waals surface area contributed by atoms with Crippen LogP contribution in [0.2, 0.25) is 0 Å². The second-order valence-corrected chi connectivity index (χ2v) is 5.76. The zero-order chi connectivity index (χ0) is 12.1. The molecule has 0 nitrogen and oxygen atoms in total. The molecule has 0 bridgehead atoms. The van der Waals surface area contributed by atoms with Crippen molar-refractivity contribution in [2.45, 2.75) is 6.92 Å². The van der Waals surface area contributed by atoms with Gasteiger partial charge in [0.2, 0.25) is 0 Å². The van der Waals surface area contributed by atoms with Crippen LogP contribution in [0.1, 0.15) is 5.56 Å². The number of hydrogen-bond acceptors (Lipinski definition) is 1. The second-order valence-electron chi connectivity index (χ2n) is 4.71. The Balaban J connectivity index is 2.32. The molecule has 1 heteroatoms. The normalized spacial score (nSPS) is 11.6. The Bertz CT molecular complexity index is 884. The van der Waals surface area contributed by atoms with Crippen LogP contribution in [0, 0.1) is 6.92 Å². The third-order valence-electron chi connectivity index (χ3n) is 3.62. The predicted octanol–water partition coefficient (Wildman–Crippen LogP) is 5.52. The summed E-state index contributed by atoms with van der Waals surface area (Å²) in [6.07, 6.45) is 0. The summed E-state index contributed by atoms with van der Waals surface area (Å²) < 4.78 is 2.79. The van der Waals surface area contributed by atoms with Crippen molar-refractivity contribution in [1.29, 1.82) is 0 Å². The summed E-state index contributed by atoms with van der Waals surface area (Å²) in [5, 5.41) is 5.51. The molecule has 0 saturated carbocycles. The van der Waals surface area contributed by atoms with Crippen LogP contribution in [-0.2, 0) is 0 Å². The predicted molar refractivity (Wildman–Crippen MR) is 81.6 cm³/mol. The molecule has 0 aliphatic rings. The number of hydrogen-bond donors (Lipinski definition) is 0. The van der Waals surface area contributed by atoms with E-state index in [0.29, 0.717) is 0 Å². The minimum atomic E-state index is 1.35. The Hall–Kier alpha value is -1.86. The van der Waals surface area contributed by atoms with Crippen LogP contribution < -0.4 is 0 Å². The van der Waals surface area contributed by atoms with Gasteiger partial charge in [0.05, 0.1) is 0 Å². The van der Waals surface area contributed by atoms with E-state index >= 15 is 0 Å². The van der Waals surface area contributed by atoms with Crippen LogP contribution in [-0.4, -0.2) is 0 Å². The van der Waals surface area contributed by atoms with Gasteiger partial charge in [0.15, 0.2) is 0 Å². The molecular formula is C17H12S.